The van der Waals surface area contributed by atoms with E-state index in [1.54, 1.807) is 18.2 Å². The molecule has 0 amide bonds. The predicted octanol–water partition coefficient (Wildman–Crippen LogP) is 2.90. The van der Waals surface area contributed by atoms with Gasteiger partial charge in [-0.05, 0) is 17.7 Å². The van der Waals surface area contributed by atoms with E-state index in [0.717, 1.165) is 0 Å². The molecule has 2 rings (SSSR count). The van der Waals surface area contributed by atoms with E-state index in [1.807, 2.05) is 0 Å². The second kappa shape index (κ2) is 3.70. The first-order valence-corrected chi connectivity index (χ1v) is 4.42. The molecular weight excluding hydrogens is 220 g/mol. The smallest absolute Gasteiger partial charge is 0.278 e. The summed E-state index contributed by atoms with van der Waals surface area (Å²) < 4.78 is 4.65. The van der Waals surface area contributed by atoms with Gasteiger partial charge in [-0.2, -0.15) is 0 Å². The van der Waals surface area contributed by atoms with E-state index >= 15 is 0 Å². The van der Waals surface area contributed by atoms with Crippen molar-refractivity contribution < 1.29 is 9.45 Å². The number of para-hydroxylation sites is 1. The monoisotopic (exact) mass is 224 g/mol. The van der Waals surface area contributed by atoms with Gasteiger partial charge in [-0.1, -0.05) is 17.3 Å². The lowest BCUT2D eigenvalue weighted by Gasteiger charge is -1.96. The van der Waals surface area contributed by atoms with Crippen LogP contribution >= 0.6 is 11.6 Å². The highest BCUT2D eigenvalue weighted by molar-refractivity contribution is 6.29. The number of nitro groups is 1. The molecule has 2 aromatic rings. The van der Waals surface area contributed by atoms with Crippen molar-refractivity contribution >= 4 is 17.3 Å². The van der Waals surface area contributed by atoms with E-state index in [4.69, 9.17) is 11.6 Å². The molecule has 0 saturated heterocycles. The third-order valence-corrected chi connectivity index (χ3v) is 2.04. The second-order valence-corrected chi connectivity index (χ2v) is 3.16. The fourth-order valence-electron chi connectivity index (χ4n) is 1.23. The largest absolute Gasteiger partial charge is 0.344 e. The van der Waals surface area contributed by atoms with E-state index in [-0.39, 0.29) is 10.9 Å². The van der Waals surface area contributed by atoms with Crippen LogP contribution in [0.1, 0.15) is 0 Å². The summed E-state index contributed by atoms with van der Waals surface area (Å²) in [7, 11) is 0. The van der Waals surface area contributed by atoms with Crippen LogP contribution in [0.25, 0.3) is 11.3 Å². The number of hydrogen-bond donors (Lipinski definition) is 0. The van der Waals surface area contributed by atoms with Gasteiger partial charge in [0.1, 0.15) is 5.69 Å². The standard InChI is InChI=1S/C9H5ClN2O3/c10-9-5-7(11-15-9)6-3-1-2-4-8(6)12(13)14/h1-5H. The molecule has 0 aliphatic heterocycles. The van der Waals surface area contributed by atoms with Crippen molar-refractivity contribution in [3.05, 3.63) is 45.7 Å². The van der Waals surface area contributed by atoms with Gasteiger partial charge in [0, 0.05) is 12.1 Å². The highest BCUT2D eigenvalue weighted by Gasteiger charge is 2.16. The Morgan fingerprint density at radius 1 is 1.40 bits per heavy atom. The van der Waals surface area contributed by atoms with Crippen molar-refractivity contribution in [3.63, 3.8) is 0 Å². The van der Waals surface area contributed by atoms with Crippen LogP contribution in [0.5, 0.6) is 0 Å². The minimum absolute atomic E-state index is 0.0255. The van der Waals surface area contributed by atoms with Crippen molar-refractivity contribution in [2.45, 2.75) is 0 Å². The molecule has 76 valence electrons. The molecule has 0 spiro atoms. The summed E-state index contributed by atoms with van der Waals surface area (Å²) in [4.78, 5) is 10.2. The third kappa shape index (κ3) is 1.82. The predicted molar refractivity (Wildman–Crippen MR) is 53.6 cm³/mol. The van der Waals surface area contributed by atoms with E-state index in [2.05, 4.69) is 9.68 Å². The Bertz CT molecular complexity index is 510. The lowest BCUT2D eigenvalue weighted by atomic mass is 10.1. The zero-order valence-electron chi connectivity index (χ0n) is 7.38. The topological polar surface area (TPSA) is 69.2 Å². The Labute approximate surface area is 89.4 Å². The van der Waals surface area contributed by atoms with E-state index < -0.39 is 4.92 Å². The Morgan fingerprint density at radius 2 is 2.13 bits per heavy atom. The Hall–Kier alpha value is -1.88. The summed E-state index contributed by atoms with van der Waals surface area (Å²) in [6, 6.07) is 7.70. The van der Waals surface area contributed by atoms with Crippen molar-refractivity contribution in [2.75, 3.05) is 0 Å². The van der Waals surface area contributed by atoms with Crippen LogP contribution in [-0.2, 0) is 0 Å². The van der Waals surface area contributed by atoms with Gasteiger partial charge in [-0.25, -0.2) is 0 Å². The molecule has 0 atom stereocenters. The molecule has 0 N–H and O–H groups in total. The molecule has 1 aromatic carbocycles. The normalized spacial score (nSPS) is 10.2. The van der Waals surface area contributed by atoms with Gasteiger partial charge in [0.2, 0.25) is 5.22 Å². The maximum Gasteiger partial charge on any atom is 0.278 e. The van der Waals surface area contributed by atoms with Crippen LogP contribution in [0.4, 0.5) is 5.69 Å². The van der Waals surface area contributed by atoms with Crippen LogP contribution in [-0.4, -0.2) is 10.1 Å². The zero-order valence-corrected chi connectivity index (χ0v) is 8.14. The molecule has 0 aliphatic rings. The van der Waals surface area contributed by atoms with Gasteiger partial charge in [0.25, 0.3) is 5.69 Å². The summed E-state index contributed by atoms with van der Waals surface area (Å²) in [5, 5.41) is 14.4. The van der Waals surface area contributed by atoms with Gasteiger partial charge in [0.05, 0.1) is 10.5 Å². The Morgan fingerprint density at radius 3 is 2.73 bits per heavy atom. The molecule has 0 fully saturated rings. The lowest BCUT2D eigenvalue weighted by Crippen LogP contribution is -1.91. The number of benzene rings is 1. The van der Waals surface area contributed by atoms with Crippen LogP contribution in [0.15, 0.2) is 34.9 Å². The summed E-state index contributed by atoms with van der Waals surface area (Å²) in [5.41, 5.74) is 0.716. The lowest BCUT2D eigenvalue weighted by molar-refractivity contribution is -0.384. The first-order valence-electron chi connectivity index (χ1n) is 4.04. The van der Waals surface area contributed by atoms with Gasteiger partial charge >= 0.3 is 0 Å². The summed E-state index contributed by atoms with van der Waals surface area (Å²) >= 11 is 5.54. The van der Waals surface area contributed by atoms with Gasteiger partial charge in [0.15, 0.2) is 0 Å². The minimum atomic E-state index is -0.474. The van der Waals surface area contributed by atoms with E-state index in [9.17, 15) is 10.1 Å². The molecule has 15 heavy (non-hydrogen) atoms. The Kier molecular flexibility index (Phi) is 2.39. The van der Waals surface area contributed by atoms with E-state index in [1.165, 1.54) is 12.1 Å². The van der Waals surface area contributed by atoms with Gasteiger partial charge < -0.3 is 4.52 Å². The summed E-state index contributed by atoms with van der Waals surface area (Å²) in [6.45, 7) is 0. The number of aromatic nitrogens is 1. The first kappa shape index (κ1) is 9.67. The molecule has 0 unspecified atom stereocenters. The highest BCUT2D eigenvalue weighted by atomic mass is 35.5. The minimum Gasteiger partial charge on any atom is -0.344 e. The van der Waals surface area contributed by atoms with Gasteiger partial charge in [-0.3, -0.25) is 10.1 Å². The second-order valence-electron chi connectivity index (χ2n) is 2.79. The van der Waals surface area contributed by atoms with Crippen LogP contribution < -0.4 is 0 Å². The molecule has 5 nitrogen and oxygen atoms in total. The molecule has 1 heterocycles. The molecular formula is C9H5ClN2O3. The molecule has 6 heteroatoms. The fraction of sp³-hybridized carbons (Fsp3) is 0. The molecule has 0 aliphatic carbocycles. The molecule has 0 bridgehead atoms. The van der Waals surface area contributed by atoms with Gasteiger partial charge in [-0.15, -0.1) is 0 Å². The third-order valence-electron chi connectivity index (χ3n) is 1.86. The average Bonchev–Trinajstić information content (AvgIpc) is 2.65. The van der Waals surface area contributed by atoms with Crippen molar-refractivity contribution in [1.29, 1.82) is 0 Å². The number of hydrogen-bond acceptors (Lipinski definition) is 4. The van der Waals surface area contributed by atoms with Crippen molar-refractivity contribution in [1.82, 2.24) is 5.16 Å². The van der Waals surface area contributed by atoms with Crippen LogP contribution in [0.3, 0.4) is 0 Å². The quantitative estimate of drug-likeness (QED) is 0.581. The average molecular weight is 225 g/mol. The molecule has 1 aromatic heterocycles. The number of rotatable bonds is 2. The SMILES string of the molecule is O=[N+]([O-])c1ccccc1-c1cc(Cl)on1. The van der Waals surface area contributed by atoms with Crippen LogP contribution in [0.2, 0.25) is 5.22 Å². The maximum absolute atomic E-state index is 10.7. The first-order chi connectivity index (χ1) is 7.18. The fourth-order valence-corrected chi connectivity index (χ4v) is 1.37. The molecule has 0 saturated carbocycles. The zero-order chi connectivity index (χ0) is 10.8. The van der Waals surface area contributed by atoms with Crippen molar-refractivity contribution in [3.8, 4) is 11.3 Å². The Balaban J connectivity index is 2.57. The molecule has 0 radical (unpaired) electrons. The number of nitrogens with zero attached hydrogens (tertiary/aromatic N) is 2. The summed E-state index contributed by atoms with van der Waals surface area (Å²) in [5.74, 6) is 0. The highest BCUT2D eigenvalue weighted by Crippen LogP contribution is 2.29. The number of nitro benzene ring substituents is 1. The van der Waals surface area contributed by atoms with Crippen LogP contribution in [0, 0.1) is 10.1 Å². The maximum atomic E-state index is 10.7. The van der Waals surface area contributed by atoms with E-state index in [0.29, 0.717) is 11.3 Å². The summed E-state index contributed by atoms with van der Waals surface area (Å²) in [6.07, 6.45) is 0. The number of halogens is 1. The van der Waals surface area contributed by atoms with Crippen molar-refractivity contribution in [2.24, 2.45) is 0 Å².